The molecule has 0 aromatic carbocycles. The fraction of sp³-hybridized carbons (Fsp3) is 0.800. The van der Waals surface area contributed by atoms with Gasteiger partial charge in [0.1, 0.15) is 0 Å². The fourth-order valence-corrected chi connectivity index (χ4v) is 4.44. The molecule has 3 amide bonds. The summed E-state index contributed by atoms with van der Waals surface area (Å²) in [6, 6.07) is -0.488. The van der Waals surface area contributed by atoms with Gasteiger partial charge in [-0.05, 0) is 31.6 Å². The first-order chi connectivity index (χ1) is 10.4. The Morgan fingerprint density at radius 2 is 1.86 bits per heavy atom. The van der Waals surface area contributed by atoms with Crippen molar-refractivity contribution < 1.29 is 19.5 Å². The van der Waals surface area contributed by atoms with E-state index in [1.165, 1.54) is 4.90 Å². The molecule has 0 aromatic rings. The van der Waals surface area contributed by atoms with Gasteiger partial charge in [-0.15, -0.1) is 0 Å². The Kier molecular flexibility index (Phi) is 3.74. The van der Waals surface area contributed by atoms with Crippen LogP contribution >= 0.6 is 0 Å². The van der Waals surface area contributed by atoms with E-state index in [9.17, 15) is 19.5 Å². The fourth-order valence-electron chi connectivity index (χ4n) is 4.44. The molecule has 3 aliphatic rings. The zero-order valence-corrected chi connectivity index (χ0v) is 12.7. The second-order valence-electron chi connectivity index (χ2n) is 6.89. The molecular weight excluding hydrogens is 286 g/mol. The maximum atomic E-state index is 12.7. The number of rotatable bonds is 2. The van der Waals surface area contributed by atoms with Gasteiger partial charge in [-0.25, -0.2) is 4.79 Å². The predicted octanol–water partition coefficient (Wildman–Crippen LogP) is 0.490. The number of nitrogens with zero attached hydrogens (tertiary/aromatic N) is 2. The van der Waals surface area contributed by atoms with Crippen LogP contribution in [-0.4, -0.2) is 59.0 Å². The largest absolute Gasteiger partial charge is 0.481 e. The van der Waals surface area contributed by atoms with Crippen molar-refractivity contribution in [1.82, 2.24) is 9.80 Å². The summed E-state index contributed by atoms with van der Waals surface area (Å²) in [5.41, 5.74) is 4.56. The molecule has 0 bridgehead atoms. The molecule has 0 spiro atoms. The summed E-state index contributed by atoms with van der Waals surface area (Å²) in [5, 5.41) is 9.59. The zero-order valence-electron chi connectivity index (χ0n) is 12.7. The highest BCUT2D eigenvalue weighted by Gasteiger charge is 2.56. The molecule has 3 N–H and O–H groups in total. The lowest BCUT2D eigenvalue weighted by Crippen LogP contribution is -2.48. The Bertz CT molecular complexity index is 509. The van der Waals surface area contributed by atoms with Crippen molar-refractivity contribution in [3.63, 3.8) is 0 Å². The molecule has 1 aliphatic carbocycles. The molecule has 22 heavy (non-hydrogen) atoms. The molecule has 3 rings (SSSR count). The normalized spacial score (nSPS) is 34.5. The minimum absolute atomic E-state index is 0.0130. The third-order valence-corrected chi connectivity index (χ3v) is 5.69. The van der Waals surface area contributed by atoms with Crippen LogP contribution in [0.25, 0.3) is 0 Å². The van der Waals surface area contributed by atoms with Crippen molar-refractivity contribution in [2.45, 2.75) is 32.1 Å². The van der Waals surface area contributed by atoms with E-state index in [0.717, 1.165) is 25.7 Å². The number of primary amides is 1. The van der Waals surface area contributed by atoms with E-state index in [0.29, 0.717) is 32.6 Å². The average Bonchev–Trinajstić information content (AvgIpc) is 3.04. The van der Waals surface area contributed by atoms with Crippen LogP contribution in [0.15, 0.2) is 0 Å². The molecule has 3 fully saturated rings. The Hall–Kier alpha value is -1.79. The Balaban J connectivity index is 1.69. The quantitative estimate of drug-likeness (QED) is 0.774. The first-order valence-corrected chi connectivity index (χ1v) is 8.00. The van der Waals surface area contributed by atoms with Crippen molar-refractivity contribution in [3.05, 3.63) is 0 Å². The van der Waals surface area contributed by atoms with Crippen LogP contribution in [0.5, 0.6) is 0 Å². The van der Waals surface area contributed by atoms with Gasteiger partial charge in [-0.3, -0.25) is 9.59 Å². The predicted molar refractivity (Wildman–Crippen MR) is 77.9 cm³/mol. The minimum Gasteiger partial charge on any atom is -0.481 e. The van der Waals surface area contributed by atoms with Crippen molar-refractivity contribution in [2.24, 2.45) is 23.0 Å². The maximum absolute atomic E-state index is 12.7. The van der Waals surface area contributed by atoms with Crippen LogP contribution in [0, 0.1) is 17.3 Å². The van der Waals surface area contributed by atoms with Gasteiger partial charge in [0, 0.05) is 26.2 Å². The number of hydrogen-bond donors (Lipinski definition) is 2. The van der Waals surface area contributed by atoms with Gasteiger partial charge in [0.25, 0.3) is 0 Å². The number of likely N-dealkylation sites (tertiary alicyclic amines) is 2. The van der Waals surface area contributed by atoms with Gasteiger partial charge >= 0.3 is 12.0 Å². The van der Waals surface area contributed by atoms with Crippen LogP contribution in [0.4, 0.5) is 4.79 Å². The lowest BCUT2D eigenvalue weighted by Gasteiger charge is -2.33. The summed E-state index contributed by atoms with van der Waals surface area (Å²) < 4.78 is 0. The number of nitrogens with two attached hydrogens (primary N) is 1. The Labute approximate surface area is 129 Å². The summed E-state index contributed by atoms with van der Waals surface area (Å²) in [6.07, 6.45) is 3.98. The molecule has 0 radical (unpaired) electrons. The topological polar surface area (TPSA) is 104 Å². The van der Waals surface area contributed by atoms with E-state index in [4.69, 9.17) is 5.73 Å². The molecule has 7 heteroatoms. The van der Waals surface area contributed by atoms with Crippen LogP contribution in [0.3, 0.4) is 0 Å². The SMILES string of the molecule is NC(=O)N1CCCC(C(=O)N2C[C@@H]3CCC[C@@]3(C(=O)O)C2)C1. The number of amides is 3. The first-order valence-electron chi connectivity index (χ1n) is 8.00. The third kappa shape index (κ3) is 2.32. The Morgan fingerprint density at radius 1 is 1.09 bits per heavy atom. The Morgan fingerprint density at radius 3 is 2.50 bits per heavy atom. The molecule has 2 saturated heterocycles. The van der Waals surface area contributed by atoms with E-state index in [2.05, 4.69) is 0 Å². The number of piperidine rings is 1. The van der Waals surface area contributed by atoms with E-state index >= 15 is 0 Å². The highest BCUT2D eigenvalue weighted by atomic mass is 16.4. The molecule has 3 atom stereocenters. The highest BCUT2D eigenvalue weighted by Crippen LogP contribution is 2.49. The van der Waals surface area contributed by atoms with Crippen LogP contribution in [0.2, 0.25) is 0 Å². The second kappa shape index (κ2) is 5.44. The van der Waals surface area contributed by atoms with Crippen LogP contribution < -0.4 is 5.73 Å². The molecule has 1 unspecified atom stereocenters. The minimum atomic E-state index is -0.771. The molecule has 0 aromatic heterocycles. The third-order valence-electron chi connectivity index (χ3n) is 5.69. The molecule has 7 nitrogen and oxygen atoms in total. The number of carboxylic acid groups (broad SMARTS) is 1. The van der Waals surface area contributed by atoms with Gasteiger partial charge < -0.3 is 20.6 Å². The molecule has 122 valence electrons. The first kappa shape index (κ1) is 15.1. The molecule has 1 saturated carbocycles. The molecule has 2 heterocycles. The van der Waals surface area contributed by atoms with Crippen molar-refractivity contribution >= 4 is 17.9 Å². The smallest absolute Gasteiger partial charge is 0.314 e. The van der Waals surface area contributed by atoms with Crippen molar-refractivity contribution in [1.29, 1.82) is 0 Å². The maximum Gasteiger partial charge on any atom is 0.314 e. The van der Waals surface area contributed by atoms with Gasteiger partial charge in [0.15, 0.2) is 0 Å². The second-order valence-corrected chi connectivity index (χ2v) is 6.89. The summed E-state index contributed by atoms with van der Waals surface area (Å²) in [5.74, 6) is -0.954. The average molecular weight is 309 g/mol. The van der Waals surface area contributed by atoms with Crippen molar-refractivity contribution in [2.75, 3.05) is 26.2 Å². The van der Waals surface area contributed by atoms with Gasteiger partial charge in [0.2, 0.25) is 5.91 Å². The lowest BCUT2D eigenvalue weighted by molar-refractivity contribution is -0.149. The van der Waals surface area contributed by atoms with E-state index in [-0.39, 0.29) is 17.7 Å². The highest BCUT2D eigenvalue weighted by molar-refractivity contribution is 5.83. The van der Waals surface area contributed by atoms with Crippen LogP contribution in [0.1, 0.15) is 32.1 Å². The summed E-state index contributed by atoms with van der Waals surface area (Å²) in [6.45, 7) is 1.81. The number of aliphatic carboxylic acids is 1. The molecule has 2 aliphatic heterocycles. The molecular formula is C15H23N3O4. The van der Waals surface area contributed by atoms with Gasteiger partial charge in [-0.2, -0.15) is 0 Å². The number of urea groups is 1. The van der Waals surface area contributed by atoms with E-state index in [1.54, 1.807) is 4.90 Å². The number of hydrogen-bond acceptors (Lipinski definition) is 3. The van der Waals surface area contributed by atoms with Crippen molar-refractivity contribution in [3.8, 4) is 0 Å². The monoisotopic (exact) mass is 309 g/mol. The summed E-state index contributed by atoms with van der Waals surface area (Å²) in [7, 11) is 0. The van der Waals surface area contributed by atoms with Crippen LogP contribution in [-0.2, 0) is 9.59 Å². The summed E-state index contributed by atoms with van der Waals surface area (Å²) in [4.78, 5) is 38.9. The number of carbonyl (C=O) groups excluding carboxylic acids is 2. The van der Waals surface area contributed by atoms with E-state index in [1.807, 2.05) is 0 Å². The summed E-state index contributed by atoms with van der Waals surface area (Å²) >= 11 is 0. The zero-order chi connectivity index (χ0) is 15.9. The number of carbonyl (C=O) groups is 3. The van der Waals surface area contributed by atoms with Gasteiger partial charge in [-0.1, -0.05) is 6.42 Å². The standard InChI is InChI=1S/C15H23N3O4/c16-14(22)17-6-2-3-10(7-17)12(19)18-8-11-4-1-5-15(11,9-18)13(20)21/h10-11H,1-9H2,(H2,16,22)(H,20,21)/t10?,11-,15+/m0/s1. The number of fused-ring (bicyclic) bond motifs is 1. The lowest BCUT2D eigenvalue weighted by atomic mass is 9.81. The van der Waals surface area contributed by atoms with Gasteiger partial charge in [0.05, 0.1) is 11.3 Å². The number of carboxylic acids is 1. The van der Waals surface area contributed by atoms with E-state index < -0.39 is 17.4 Å².